The molecule has 4 N–H and O–H groups in total. The molecule has 0 radical (unpaired) electrons. The fourth-order valence-electron chi connectivity index (χ4n) is 2.57. The Kier molecular flexibility index (Phi) is 9.79. The zero-order valence-electron chi connectivity index (χ0n) is 14.9. The van der Waals surface area contributed by atoms with Crippen LogP contribution in [0.25, 0.3) is 11.1 Å². The summed E-state index contributed by atoms with van der Waals surface area (Å²) in [5.41, 5.74) is 4.82. The van der Waals surface area contributed by atoms with Crippen molar-refractivity contribution in [3.8, 4) is 11.5 Å². The van der Waals surface area contributed by atoms with Crippen molar-refractivity contribution in [2.75, 3.05) is 0 Å². The molecule has 0 bridgehead atoms. The summed E-state index contributed by atoms with van der Waals surface area (Å²) >= 11 is 0. The van der Waals surface area contributed by atoms with E-state index in [0.717, 1.165) is 24.0 Å². The van der Waals surface area contributed by atoms with Crippen LogP contribution in [0.15, 0.2) is 48.5 Å². The molecule has 0 amide bonds. The molecule has 0 aromatic heterocycles. The van der Waals surface area contributed by atoms with Gasteiger partial charge in [0.05, 0.1) is 0 Å². The maximum atomic E-state index is 9.41. The summed E-state index contributed by atoms with van der Waals surface area (Å²) in [5.74, 6) is 0.568. The first-order chi connectivity index (χ1) is 12.8. The van der Waals surface area contributed by atoms with E-state index in [2.05, 4.69) is 18.2 Å². The van der Waals surface area contributed by atoms with Crippen LogP contribution in [0.1, 0.15) is 37.8 Å². The number of phenolic OH excluding ortho intramolecular Hbond substituents is 2. The van der Waals surface area contributed by atoms with Crippen molar-refractivity contribution in [1.82, 2.24) is 0 Å². The van der Waals surface area contributed by atoms with E-state index in [-0.39, 0.29) is 11.5 Å². The van der Waals surface area contributed by atoms with Gasteiger partial charge in [-0.05, 0) is 59.4 Å². The van der Waals surface area contributed by atoms with Gasteiger partial charge in [0.2, 0.25) is 0 Å². The number of rotatable bonds is 6. The van der Waals surface area contributed by atoms with Crippen molar-refractivity contribution in [2.24, 2.45) is 0 Å². The van der Waals surface area contributed by atoms with Gasteiger partial charge in [0.15, 0.2) is 4.31 Å². The van der Waals surface area contributed by atoms with Crippen LogP contribution in [-0.4, -0.2) is 20.0 Å². The minimum atomic E-state index is -2.92. The third-order valence-electron chi connectivity index (χ3n) is 3.64. The molecule has 2 aromatic carbocycles. The number of benzene rings is 2. The van der Waals surface area contributed by atoms with Crippen LogP contribution in [-0.2, 0) is 13.4 Å². The largest absolute Gasteiger partial charge is 0.745 e. The summed E-state index contributed by atoms with van der Waals surface area (Å²) in [5, 5.41) is 18.8. The van der Waals surface area contributed by atoms with Gasteiger partial charge >= 0.3 is 16.5 Å². The van der Waals surface area contributed by atoms with E-state index >= 15 is 0 Å². The molecule has 2 rings (SSSR count). The molecule has 0 aliphatic rings. The minimum Gasteiger partial charge on any atom is -0.508 e. The maximum absolute atomic E-state index is 9.41. The second-order valence-electron chi connectivity index (χ2n) is 5.32. The average Bonchev–Trinajstić information content (AvgIpc) is 2.61. The molecule has 0 saturated heterocycles. The van der Waals surface area contributed by atoms with Crippen LogP contribution < -0.4 is 0 Å². The summed E-state index contributed by atoms with van der Waals surface area (Å²) in [4.78, 5) is 15.3. The summed E-state index contributed by atoms with van der Waals surface area (Å²) in [6, 6.07) is 14.7. The first-order valence-corrected chi connectivity index (χ1v) is 10.4. The number of phenols is 2. The second-order valence-corrected chi connectivity index (χ2v) is 6.92. The predicted octanol–water partition coefficient (Wildman–Crippen LogP) is 5.13. The summed E-state index contributed by atoms with van der Waals surface area (Å²) < 4.78 is 22.2. The highest BCUT2D eigenvalue weighted by Crippen LogP contribution is 2.32. The zero-order chi connectivity index (χ0) is 20.4. The fourth-order valence-corrected chi connectivity index (χ4v) is 3.05. The topological polar surface area (TPSA) is 124 Å². The van der Waals surface area contributed by atoms with Crippen LogP contribution >= 0.6 is 16.5 Å². The van der Waals surface area contributed by atoms with Crippen molar-refractivity contribution in [2.45, 2.75) is 26.7 Å². The first kappa shape index (κ1) is 22.9. The van der Waals surface area contributed by atoms with Gasteiger partial charge in [-0.2, -0.15) is 0 Å². The van der Waals surface area contributed by atoms with E-state index in [1.165, 1.54) is 11.1 Å². The maximum Gasteiger partial charge on any atom is 0.745 e. The van der Waals surface area contributed by atoms with E-state index in [0.29, 0.717) is 0 Å². The molecule has 0 spiro atoms. The van der Waals surface area contributed by atoms with Gasteiger partial charge in [0, 0.05) is 9.13 Å². The Morgan fingerprint density at radius 2 is 1.04 bits per heavy atom. The molecule has 27 heavy (non-hydrogen) atoms. The van der Waals surface area contributed by atoms with Gasteiger partial charge in [0.1, 0.15) is 11.5 Å². The molecular formula is C18H22O7P2+2. The van der Waals surface area contributed by atoms with E-state index in [9.17, 15) is 19.3 Å². The lowest BCUT2D eigenvalue weighted by atomic mass is 9.91. The Morgan fingerprint density at radius 3 is 1.22 bits per heavy atom. The van der Waals surface area contributed by atoms with Crippen LogP contribution in [0.4, 0.5) is 0 Å². The molecule has 144 valence electrons. The van der Waals surface area contributed by atoms with E-state index in [1.807, 2.05) is 24.3 Å². The van der Waals surface area contributed by atoms with E-state index in [1.54, 1.807) is 24.3 Å². The third-order valence-corrected chi connectivity index (χ3v) is 4.76. The highest BCUT2D eigenvalue weighted by molar-refractivity contribution is 7.46. The molecule has 0 saturated carbocycles. The molecule has 0 aliphatic carbocycles. The number of hydrogen-bond acceptors (Lipinski definition) is 5. The van der Waals surface area contributed by atoms with Crippen molar-refractivity contribution in [3.63, 3.8) is 0 Å². The summed E-state index contributed by atoms with van der Waals surface area (Å²) in [6.07, 6.45) is 1.85. The molecule has 2 aromatic rings. The van der Waals surface area contributed by atoms with Crippen molar-refractivity contribution < 1.29 is 33.4 Å². The first-order valence-electron chi connectivity index (χ1n) is 8.09. The molecule has 0 heterocycles. The molecular weight excluding hydrogens is 390 g/mol. The van der Waals surface area contributed by atoms with Crippen molar-refractivity contribution in [3.05, 3.63) is 59.7 Å². The van der Waals surface area contributed by atoms with Gasteiger partial charge in [-0.15, -0.1) is 9.79 Å². The molecule has 0 aliphatic heterocycles. The lowest BCUT2D eigenvalue weighted by molar-refractivity contribution is 0.371. The Bertz CT molecular complexity index is 732. The predicted molar refractivity (Wildman–Crippen MR) is 104 cm³/mol. The highest BCUT2D eigenvalue weighted by Gasteiger charge is 2.31. The SMILES string of the molecule is CC/C(=C(/CC)c1ccc(O)cc1)c1ccc(O)cc1.O=[P+](O)O[P+](=O)O. The van der Waals surface area contributed by atoms with Crippen LogP contribution in [0, 0.1) is 0 Å². The van der Waals surface area contributed by atoms with Crippen LogP contribution in [0.3, 0.4) is 0 Å². The van der Waals surface area contributed by atoms with Gasteiger partial charge in [-0.1, -0.05) is 38.1 Å². The highest BCUT2D eigenvalue weighted by atomic mass is 31.2. The molecule has 2 atom stereocenters. The summed E-state index contributed by atoms with van der Waals surface area (Å²) in [6.45, 7) is 4.27. The lowest BCUT2D eigenvalue weighted by Crippen LogP contribution is -1.91. The third kappa shape index (κ3) is 7.95. The Balaban J connectivity index is 0.000000445. The molecule has 7 nitrogen and oxygen atoms in total. The Labute approximate surface area is 159 Å². The van der Waals surface area contributed by atoms with Crippen LogP contribution in [0.2, 0.25) is 0 Å². The van der Waals surface area contributed by atoms with Crippen molar-refractivity contribution in [1.29, 1.82) is 0 Å². The van der Waals surface area contributed by atoms with E-state index < -0.39 is 16.5 Å². The standard InChI is InChI=1S/C18H20O2.O5P2/c1-3-17(13-5-9-15(19)10-6-13)18(4-2)14-7-11-16(20)12-8-14;1-6(2)5-7(3)4/h5-12,19-20H,3-4H2,1-2H3;/p+2/b18-17+;. The van der Waals surface area contributed by atoms with Crippen molar-refractivity contribution >= 4 is 27.7 Å². The molecule has 2 unspecified atom stereocenters. The fraction of sp³-hybridized carbons (Fsp3) is 0.222. The number of aromatic hydroxyl groups is 2. The minimum absolute atomic E-state index is 0.284. The number of allylic oxidation sites excluding steroid dienone is 2. The van der Waals surface area contributed by atoms with Gasteiger partial charge in [0.25, 0.3) is 0 Å². The Morgan fingerprint density at radius 1 is 0.741 bits per heavy atom. The lowest BCUT2D eigenvalue weighted by Gasteiger charge is -2.14. The van der Waals surface area contributed by atoms with Gasteiger partial charge in [-0.3, -0.25) is 0 Å². The summed E-state index contributed by atoms with van der Waals surface area (Å²) in [7, 11) is -5.85. The molecule has 9 heteroatoms. The van der Waals surface area contributed by atoms with Gasteiger partial charge < -0.3 is 10.2 Å². The average molecular weight is 412 g/mol. The zero-order valence-corrected chi connectivity index (χ0v) is 16.7. The molecule has 0 fully saturated rings. The van der Waals surface area contributed by atoms with Gasteiger partial charge in [-0.25, -0.2) is 0 Å². The smallest absolute Gasteiger partial charge is 0.508 e. The Hall–Kier alpha value is -2.14. The van der Waals surface area contributed by atoms with E-state index in [4.69, 9.17) is 9.79 Å². The normalized spacial score (nSPS) is 12.4. The number of hydrogen-bond donors (Lipinski definition) is 4. The monoisotopic (exact) mass is 412 g/mol. The van der Waals surface area contributed by atoms with Crippen LogP contribution in [0.5, 0.6) is 11.5 Å². The quantitative estimate of drug-likeness (QED) is 0.383. The second kappa shape index (κ2) is 11.5.